The van der Waals surface area contributed by atoms with Gasteiger partial charge in [-0.2, -0.15) is 0 Å². The van der Waals surface area contributed by atoms with Gasteiger partial charge < -0.3 is 10.5 Å². The lowest BCUT2D eigenvalue weighted by molar-refractivity contribution is -0.274. The molecule has 3 aromatic rings. The Balaban J connectivity index is 1.85. The third-order valence-corrected chi connectivity index (χ3v) is 3.41. The lowest BCUT2D eigenvalue weighted by Crippen LogP contribution is -2.17. The number of ether oxygens (including phenoxy) is 1. The summed E-state index contributed by atoms with van der Waals surface area (Å²) >= 11 is 0. The number of nitrogens with two attached hydrogens (primary N) is 1. The third-order valence-electron chi connectivity index (χ3n) is 3.41. The van der Waals surface area contributed by atoms with E-state index < -0.39 is 12.4 Å². The number of fused-ring (bicyclic) bond motifs is 1. The molecule has 1 aromatic heterocycles. The van der Waals surface area contributed by atoms with Crippen LogP contribution in [-0.4, -0.2) is 11.3 Å². The van der Waals surface area contributed by atoms with Crippen LogP contribution in [0.1, 0.15) is 17.3 Å². The van der Waals surface area contributed by atoms with Crippen LogP contribution in [0.3, 0.4) is 0 Å². The SMILES string of the molecule is N[C@H](c1ccc(OC(F)(F)F)cc1)c1ccc2ccccc2n1. The van der Waals surface area contributed by atoms with E-state index in [9.17, 15) is 13.2 Å². The standard InChI is InChI=1S/C17H13F3N2O/c18-17(19,20)23-13-8-5-12(6-9-13)16(21)15-10-7-11-3-1-2-4-14(11)22-15/h1-10,16H,21H2/t16-/m1/s1. The van der Waals surface area contributed by atoms with Gasteiger partial charge in [-0.1, -0.05) is 36.4 Å². The van der Waals surface area contributed by atoms with Crippen molar-refractivity contribution in [1.29, 1.82) is 0 Å². The predicted octanol–water partition coefficient (Wildman–Crippen LogP) is 4.18. The van der Waals surface area contributed by atoms with Crippen molar-refractivity contribution in [2.75, 3.05) is 0 Å². The van der Waals surface area contributed by atoms with E-state index in [4.69, 9.17) is 5.73 Å². The topological polar surface area (TPSA) is 48.1 Å². The summed E-state index contributed by atoms with van der Waals surface area (Å²) in [4.78, 5) is 4.50. The molecule has 0 spiro atoms. The number of aromatic nitrogens is 1. The van der Waals surface area contributed by atoms with Gasteiger partial charge in [-0.25, -0.2) is 0 Å². The van der Waals surface area contributed by atoms with Crippen molar-refractivity contribution in [2.24, 2.45) is 5.73 Å². The van der Waals surface area contributed by atoms with E-state index >= 15 is 0 Å². The average Bonchev–Trinajstić information content (AvgIpc) is 2.53. The van der Waals surface area contributed by atoms with Crippen LogP contribution in [0.4, 0.5) is 13.2 Å². The first kappa shape index (κ1) is 15.3. The summed E-state index contributed by atoms with van der Waals surface area (Å²) in [7, 11) is 0. The van der Waals surface area contributed by atoms with Gasteiger partial charge in [-0.3, -0.25) is 4.98 Å². The Kier molecular flexibility index (Phi) is 3.92. The van der Waals surface area contributed by atoms with E-state index in [1.165, 1.54) is 24.3 Å². The van der Waals surface area contributed by atoms with Crippen molar-refractivity contribution in [1.82, 2.24) is 4.98 Å². The van der Waals surface area contributed by atoms with E-state index in [2.05, 4.69) is 9.72 Å². The van der Waals surface area contributed by atoms with E-state index in [1.54, 1.807) is 0 Å². The van der Waals surface area contributed by atoms with Gasteiger partial charge in [-0.15, -0.1) is 13.2 Å². The van der Waals surface area contributed by atoms with Gasteiger partial charge in [0.1, 0.15) is 5.75 Å². The van der Waals surface area contributed by atoms with Crippen LogP contribution in [0.25, 0.3) is 10.9 Å². The fourth-order valence-corrected chi connectivity index (χ4v) is 2.30. The molecule has 0 aliphatic rings. The molecular formula is C17H13F3N2O. The van der Waals surface area contributed by atoms with Crippen molar-refractivity contribution < 1.29 is 17.9 Å². The molecule has 0 saturated heterocycles. The van der Waals surface area contributed by atoms with Crippen LogP contribution >= 0.6 is 0 Å². The molecule has 118 valence electrons. The number of hydrogen-bond acceptors (Lipinski definition) is 3. The van der Waals surface area contributed by atoms with Crippen LogP contribution in [0.15, 0.2) is 60.7 Å². The van der Waals surface area contributed by atoms with Crippen LogP contribution < -0.4 is 10.5 Å². The second-order valence-corrected chi connectivity index (χ2v) is 5.02. The monoisotopic (exact) mass is 318 g/mol. The van der Waals surface area contributed by atoms with E-state index in [-0.39, 0.29) is 5.75 Å². The normalized spacial score (nSPS) is 13.0. The van der Waals surface area contributed by atoms with Crippen molar-refractivity contribution in [3.05, 3.63) is 71.9 Å². The van der Waals surface area contributed by atoms with Crippen LogP contribution in [0, 0.1) is 0 Å². The number of para-hydroxylation sites is 1. The molecule has 1 heterocycles. The minimum absolute atomic E-state index is 0.278. The molecule has 0 saturated carbocycles. The second kappa shape index (κ2) is 5.89. The van der Waals surface area contributed by atoms with E-state index in [0.717, 1.165) is 10.9 Å². The number of rotatable bonds is 3. The Morgan fingerprint density at radius 1 is 0.913 bits per heavy atom. The predicted molar refractivity (Wildman–Crippen MR) is 80.9 cm³/mol. The molecule has 2 N–H and O–H groups in total. The Bertz CT molecular complexity index is 816. The number of nitrogens with zero attached hydrogens (tertiary/aromatic N) is 1. The fraction of sp³-hybridized carbons (Fsp3) is 0.118. The van der Waals surface area contributed by atoms with Crippen LogP contribution in [0.5, 0.6) is 5.75 Å². The average molecular weight is 318 g/mol. The van der Waals surface area contributed by atoms with Gasteiger partial charge in [-0.05, 0) is 29.8 Å². The lowest BCUT2D eigenvalue weighted by Gasteiger charge is -2.14. The number of alkyl halides is 3. The van der Waals surface area contributed by atoms with Crippen molar-refractivity contribution in [2.45, 2.75) is 12.4 Å². The Labute approximate surface area is 130 Å². The quantitative estimate of drug-likeness (QED) is 0.788. The van der Waals surface area contributed by atoms with Crippen molar-refractivity contribution in [3.8, 4) is 5.75 Å². The Morgan fingerprint density at radius 3 is 2.30 bits per heavy atom. The number of halogens is 3. The highest BCUT2D eigenvalue weighted by atomic mass is 19.4. The van der Waals surface area contributed by atoms with Crippen molar-refractivity contribution in [3.63, 3.8) is 0 Å². The first-order chi connectivity index (χ1) is 10.9. The fourth-order valence-electron chi connectivity index (χ4n) is 2.30. The Morgan fingerprint density at radius 2 is 1.61 bits per heavy atom. The van der Waals surface area contributed by atoms with Crippen LogP contribution in [0.2, 0.25) is 0 Å². The lowest BCUT2D eigenvalue weighted by atomic mass is 10.0. The summed E-state index contributed by atoms with van der Waals surface area (Å²) in [6.07, 6.45) is -4.70. The first-order valence-electron chi connectivity index (χ1n) is 6.89. The molecule has 6 heteroatoms. The molecule has 0 fully saturated rings. The zero-order chi connectivity index (χ0) is 16.4. The number of pyridine rings is 1. The molecule has 23 heavy (non-hydrogen) atoms. The highest BCUT2D eigenvalue weighted by Crippen LogP contribution is 2.26. The van der Waals surface area contributed by atoms with Gasteiger partial charge in [0.25, 0.3) is 0 Å². The molecule has 0 aliphatic carbocycles. The first-order valence-corrected chi connectivity index (χ1v) is 6.89. The van der Waals surface area contributed by atoms with Gasteiger partial charge in [0.2, 0.25) is 0 Å². The zero-order valence-electron chi connectivity index (χ0n) is 11.9. The highest BCUT2D eigenvalue weighted by molar-refractivity contribution is 5.78. The summed E-state index contributed by atoms with van der Waals surface area (Å²) in [5.41, 5.74) is 8.28. The van der Waals surface area contributed by atoms with Gasteiger partial charge in [0.15, 0.2) is 0 Å². The molecule has 3 nitrogen and oxygen atoms in total. The van der Waals surface area contributed by atoms with Gasteiger partial charge in [0, 0.05) is 5.39 Å². The van der Waals surface area contributed by atoms with Gasteiger partial charge >= 0.3 is 6.36 Å². The minimum Gasteiger partial charge on any atom is -0.406 e. The maximum atomic E-state index is 12.2. The molecule has 2 aromatic carbocycles. The molecule has 1 atom stereocenters. The van der Waals surface area contributed by atoms with Crippen LogP contribution in [-0.2, 0) is 0 Å². The summed E-state index contributed by atoms with van der Waals surface area (Å²) < 4.78 is 40.3. The molecule has 0 unspecified atom stereocenters. The van der Waals surface area contributed by atoms with E-state index in [1.807, 2.05) is 36.4 Å². The summed E-state index contributed by atoms with van der Waals surface area (Å²) in [5.74, 6) is -0.278. The molecule has 0 amide bonds. The molecule has 0 radical (unpaired) electrons. The number of benzene rings is 2. The summed E-state index contributed by atoms with van der Waals surface area (Å²) in [6.45, 7) is 0. The molecule has 0 aliphatic heterocycles. The second-order valence-electron chi connectivity index (χ2n) is 5.02. The zero-order valence-corrected chi connectivity index (χ0v) is 11.9. The van der Waals surface area contributed by atoms with Crippen molar-refractivity contribution >= 4 is 10.9 Å². The maximum absolute atomic E-state index is 12.2. The number of hydrogen-bond donors (Lipinski definition) is 1. The van der Waals surface area contributed by atoms with E-state index in [0.29, 0.717) is 11.3 Å². The molecule has 3 rings (SSSR count). The largest absolute Gasteiger partial charge is 0.573 e. The smallest absolute Gasteiger partial charge is 0.406 e. The minimum atomic E-state index is -4.70. The summed E-state index contributed by atoms with van der Waals surface area (Å²) in [6, 6.07) is 16.3. The third kappa shape index (κ3) is 3.60. The molecule has 0 bridgehead atoms. The maximum Gasteiger partial charge on any atom is 0.573 e. The Hall–Kier alpha value is -2.60. The molecular weight excluding hydrogens is 305 g/mol. The summed E-state index contributed by atoms with van der Waals surface area (Å²) in [5, 5.41) is 0.998. The highest BCUT2D eigenvalue weighted by Gasteiger charge is 2.31. The van der Waals surface area contributed by atoms with Gasteiger partial charge in [0.05, 0.1) is 17.3 Å².